The van der Waals surface area contributed by atoms with Gasteiger partial charge in [0.2, 0.25) is 0 Å². The summed E-state index contributed by atoms with van der Waals surface area (Å²) in [7, 11) is -4.74. The number of rotatable bonds is 7. The van der Waals surface area contributed by atoms with Gasteiger partial charge in [-0.2, -0.15) is 4.31 Å². The third kappa shape index (κ3) is 6.23. The number of amides is 3. The Bertz CT molecular complexity index is 2510. The van der Waals surface area contributed by atoms with Crippen molar-refractivity contribution in [3.63, 3.8) is 0 Å². The molecule has 13 heteroatoms. The fourth-order valence-electron chi connectivity index (χ4n) is 5.68. The zero-order chi connectivity index (χ0) is 36.0. The molecule has 0 N–H and O–H groups in total. The summed E-state index contributed by atoms with van der Waals surface area (Å²) in [6, 6.07) is 30.3. The number of carbonyl (C=O) groups excluding carboxylic acids is 4. The molecule has 0 aromatic heterocycles. The minimum Gasteiger partial charge on any atom is -0.423 e. The molecule has 1 aliphatic heterocycles. The highest BCUT2D eigenvalue weighted by molar-refractivity contribution is 7.93. The van der Waals surface area contributed by atoms with Gasteiger partial charge in [0.25, 0.3) is 27.7 Å². The van der Waals surface area contributed by atoms with Crippen molar-refractivity contribution in [1.82, 2.24) is 0 Å². The van der Waals surface area contributed by atoms with Crippen molar-refractivity contribution in [2.45, 2.75) is 4.90 Å². The van der Waals surface area contributed by atoms with Crippen molar-refractivity contribution in [2.24, 2.45) is 0 Å². The lowest BCUT2D eigenvalue weighted by Crippen LogP contribution is -2.37. The number of anilines is 2. The van der Waals surface area contributed by atoms with E-state index >= 15 is 0 Å². The van der Waals surface area contributed by atoms with Crippen LogP contribution in [0.3, 0.4) is 0 Å². The van der Waals surface area contributed by atoms with Gasteiger partial charge in [-0.3, -0.25) is 14.4 Å². The standard InChI is InChI=1S/C38H21Cl3N2O7S/c39-25-10-4-22(5-11-25)35(44)42-32-20-21-33(30-2-1-3-31(34(30)32)37(42)46)51(48,49)43(36(45)23-6-12-26(40)13-7-23)28-16-18-29(19-17-28)50-38(47)24-8-14-27(41)15-9-24/h1-21H. The molecule has 252 valence electrons. The first-order valence-corrected chi connectivity index (χ1v) is 17.6. The van der Waals surface area contributed by atoms with E-state index in [4.69, 9.17) is 39.5 Å². The number of carbonyl (C=O) groups is 4. The smallest absolute Gasteiger partial charge is 0.343 e. The number of hydrogen-bond acceptors (Lipinski definition) is 7. The molecule has 6 aromatic rings. The summed E-state index contributed by atoms with van der Waals surface area (Å²) in [6.45, 7) is 0. The second-order valence-corrected chi connectivity index (χ2v) is 14.3. The van der Waals surface area contributed by atoms with Crippen molar-refractivity contribution in [3.8, 4) is 5.75 Å². The number of halogens is 3. The maximum Gasteiger partial charge on any atom is 0.343 e. The number of esters is 1. The molecule has 1 heterocycles. The van der Waals surface area contributed by atoms with Crippen molar-refractivity contribution < 1.29 is 32.3 Å². The Morgan fingerprint density at radius 1 is 0.627 bits per heavy atom. The van der Waals surface area contributed by atoms with Crippen LogP contribution in [0.1, 0.15) is 41.4 Å². The maximum atomic E-state index is 14.7. The average Bonchev–Trinajstić information content (AvgIpc) is 3.41. The van der Waals surface area contributed by atoms with Gasteiger partial charge in [-0.25, -0.2) is 18.1 Å². The van der Waals surface area contributed by atoms with Crippen LogP contribution in [0.5, 0.6) is 5.75 Å². The molecule has 1 aliphatic rings. The van der Waals surface area contributed by atoms with Crippen molar-refractivity contribution in [2.75, 3.05) is 9.21 Å². The van der Waals surface area contributed by atoms with E-state index in [9.17, 15) is 27.6 Å². The van der Waals surface area contributed by atoms with Crippen LogP contribution in [0.2, 0.25) is 15.1 Å². The lowest BCUT2D eigenvalue weighted by Gasteiger charge is -2.24. The molecule has 0 saturated heterocycles. The Morgan fingerprint density at radius 2 is 1.18 bits per heavy atom. The Morgan fingerprint density at radius 3 is 1.76 bits per heavy atom. The summed E-state index contributed by atoms with van der Waals surface area (Å²) >= 11 is 18.0. The second kappa shape index (κ2) is 13.3. The van der Waals surface area contributed by atoms with Gasteiger partial charge < -0.3 is 4.74 Å². The largest absolute Gasteiger partial charge is 0.423 e. The lowest BCUT2D eigenvalue weighted by atomic mass is 10.1. The Labute approximate surface area is 306 Å². The number of sulfonamides is 1. The average molecular weight is 756 g/mol. The first-order chi connectivity index (χ1) is 24.4. The van der Waals surface area contributed by atoms with Crippen LogP contribution < -0.4 is 13.9 Å². The number of ether oxygens (including phenoxy) is 1. The second-order valence-electron chi connectivity index (χ2n) is 11.2. The first kappa shape index (κ1) is 34.0. The lowest BCUT2D eigenvalue weighted by molar-refractivity contribution is 0.0733. The molecular formula is C38H21Cl3N2O7S. The highest BCUT2D eigenvalue weighted by Crippen LogP contribution is 2.42. The van der Waals surface area contributed by atoms with Gasteiger partial charge in [0.05, 0.1) is 27.4 Å². The summed E-state index contributed by atoms with van der Waals surface area (Å²) in [5.74, 6) is -2.75. The van der Waals surface area contributed by atoms with E-state index in [0.717, 1.165) is 4.90 Å². The Kier molecular flexibility index (Phi) is 8.86. The topological polar surface area (TPSA) is 118 Å². The monoisotopic (exact) mass is 754 g/mol. The van der Waals surface area contributed by atoms with E-state index in [1.54, 1.807) is 0 Å². The number of imide groups is 1. The van der Waals surface area contributed by atoms with E-state index in [0.29, 0.717) is 19.4 Å². The normalized spacial score (nSPS) is 12.2. The van der Waals surface area contributed by atoms with Crippen LogP contribution in [0.4, 0.5) is 11.4 Å². The summed E-state index contributed by atoms with van der Waals surface area (Å²) < 4.78 is 35.5. The van der Waals surface area contributed by atoms with Gasteiger partial charge >= 0.3 is 5.97 Å². The van der Waals surface area contributed by atoms with Gasteiger partial charge in [0, 0.05) is 37.0 Å². The molecule has 6 aromatic carbocycles. The van der Waals surface area contributed by atoms with E-state index in [1.807, 2.05) is 0 Å². The molecule has 0 bridgehead atoms. The van der Waals surface area contributed by atoms with E-state index < -0.39 is 33.7 Å². The molecule has 0 unspecified atom stereocenters. The van der Waals surface area contributed by atoms with Crippen molar-refractivity contribution in [1.29, 1.82) is 0 Å². The number of nitrogens with zero attached hydrogens (tertiary/aromatic N) is 2. The van der Waals surface area contributed by atoms with E-state index in [2.05, 4.69) is 0 Å². The SMILES string of the molecule is O=C(Oc1ccc(N(C(=O)c2ccc(Cl)cc2)S(=O)(=O)c2ccc3c4c(cccc24)C(=O)N3C(=O)c2ccc(Cl)cc2)cc1)c1ccc(Cl)cc1. The molecule has 0 atom stereocenters. The van der Waals surface area contributed by atoms with Gasteiger partial charge in [-0.1, -0.05) is 46.9 Å². The molecule has 3 amide bonds. The van der Waals surface area contributed by atoms with Gasteiger partial charge in [-0.15, -0.1) is 0 Å². The first-order valence-electron chi connectivity index (χ1n) is 15.1. The summed E-state index contributed by atoms with van der Waals surface area (Å²) in [5, 5.41) is 1.54. The van der Waals surface area contributed by atoms with Crippen LogP contribution in [0, 0.1) is 0 Å². The van der Waals surface area contributed by atoms with Crippen molar-refractivity contribution in [3.05, 3.63) is 165 Å². The molecule has 0 saturated carbocycles. The van der Waals surface area contributed by atoms with Gasteiger partial charge in [-0.05, 0) is 115 Å². The van der Waals surface area contributed by atoms with Crippen LogP contribution in [-0.4, -0.2) is 32.1 Å². The highest BCUT2D eigenvalue weighted by atomic mass is 35.5. The molecule has 0 radical (unpaired) electrons. The minimum atomic E-state index is -4.74. The zero-order valence-electron chi connectivity index (χ0n) is 25.9. The van der Waals surface area contributed by atoms with E-state index in [-0.39, 0.29) is 55.0 Å². The van der Waals surface area contributed by atoms with Crippen LogP contribution in [0.15, 0.2) is 132 Å². The molecule has 9 nitrogen and oxygen atoms in total. The summed E-state index contributed by atoms with van der Waals surface area (Å²) in [5.41, 5.74) is 0.690. The predicted molar refractivity (Wildman–Crippen MR) is 195 cm³/mol. The van der Waals surface area contributed by atoms with Gasteiger partial charge in [0.1, 0.15) is 5.75 Å². The molecule has 7 rings (SSSR count). The van der Waals surface area contributed by atoms with Gasteiger partial charge in [0.15, 0.2) is 0 Å². The fourth-order valence-corrected chi connectivity index (χ4v) is 7.66. The molecular weight excluding hydrogens is 735 g/mol. The number of benzene rings is 6. The molecule has 0 spiro atoms. The highest BCUT2D eigenvalue weighted by Gasteiger charge is 2.39. The van der Waals surface area contributed by atoms with Crippen LogP contribution >= 0.6 is 34.8 Å². The fraction of sp³-hybridized carbons (Fsp3) is 0. The third-order valence-corrected chi connectivity index (χ3v) is 10.6. The molecule has 0 fully saturated rings. The maximum absolute atomic E-state index is 14.7. The van der Waals surface area contributed by atoms with E-state index in [1.165, 1.54) is 127 Å². The Balaban J connectivity index is 1.30. The Hall–Kier alpha value is -5.52. The van der Waals surface area contributed by atoms with Crippen LogP contribution in [0.25, 0.3) is 10.8 Å². The summed E-state index contributed by atoms with van der Waals surface area (Å²) in [4.78, 5) is 54.7. The minimum absolute atomic E-state index is 0.0158. The molecule has 0 aliphatic carbocycles. The third-order valence-electron chi connectivity index (χ3n) is 8.10. The van der Waals surface area contributed by atoms with Crippen LogP contribution in [-0.2, 0) is 10.0 Å². The molecule has 51 heavy (non-hydrogen) atoms. The quantitative estimate of drug-likeness (QED) is 0.0908. The van der Waals surface area contributed by atoms with Crippen molar-refractivity contribution >= 4 is 90.7 Å². The summed E-state index contributed by atoms with van der Waals surface area (Å²) in [6.07, 6.45) is 0. The number of hydrogen-bond donors (Lipinski definition) is 0. The predicted octanol–water partition coefficient (Wildman–Crippen LogP) is 8.86. The zero-order valence-corrected chi connectivity index (χ0v) is 29.0.